The highest BCUT2D eigenvalue weighted by molar-refractivity contribution is 9.10. The van der Waals surface area contributed by atoms with Gasteiger partial charge in [-0.2, -0.15) is 0 Å². The van der Waals surface area contributed by atoms with Crippen LogP contribution < -0.4 is 11.1 Å². The lowest BCUT2D eigenvalue weighted by Crippen LogP contribution is -2.18. The van der Waals surface area contributed by atoms with Crippen molar-refractivity contribution in [2.24, 2.45) is 0 Å². The molecule has 0 aliphatic heterocycles. The van der Waals surface area contributed by atoms with Gasteiger partial charge in [0.05, 0.1) is 11.6 Å². The molecule has 1 aromatic heterocycles. The van der Waals surface area contributed by atoms with Gasteiger partial charge in [-0.3, -0.25) is 4.98 Å². The van der Waals surface area contributed by atoms with E-state index in [1.54, 1.807) is 31.3 Å². The third-order valence-electron chi connectivity index (χ3n) is 3.34. The van der Waals surface area contributed by atoms with Gasteiger partial charge >= 0.3 is 5.76 Å². The summed E-state index contributed by atoms with van der Waals surface area (Å²) in [6, 6.07) is 9.91. The molecule has 21 heavy (non-hydrogen) atoms. The smallest absolute Gasteiger partial charge is 0.408 e. The van der Waals surface area contributed by atoms with Crippen molar-refractivity contribution < 1.29 is 8.81 Å². The molecule has 0 fully saturated rings. The van der Waals surface area contributed by atoms with Crippen molar-refractivity contribution in [3.63, 3.8) is 0 Å². The van der Waals surface area contributed by atoms with Crippen LogP contribution in [-0.2, 0) is 0 Å². The molecule has 1 heterocycles. The van der Waals surface area contributed by atoms with Crippen molar-refractivity contribution in [1.29, 1.82) is 0 Å². The maximum Gasteiger partial charge on any atom is 0.417 e. The Kier molecular flexibility index (Phi) is 3.65. The zero-order valence-electron chi connectivity index (χ0n) is 11.1. The van der Waals surface area contributed by atoms with Crippen LogP contribution in [0, 0.1) is 5.82 Å². The summed E-state index contributed by atoms with van der Waals surface area (Å²) >= 11 is 3.24. The van der Waals surface area contributed by atoms with Gasteiger partial charge in [0.2, 0.25) is 0 Å². The van der Waals surface area contributed by atoms with E-state index in [9.17, 15) is 9.18 Å². The molecule has 3 rings (SSSR count). The third-order valence-corrected chi connectivity index (χ3v) is 3.83. The fourth-order valence-corrected chi connectivity index (χ4v) is 2.71. The predicted octanol–water partition coefficient (Wildman–Crippen LogP) is 3.33. The van der Waals surface area contributed by atoms with Gasteiger partial charge in [0.1, 0.15) is 5.82 Å². The highest BCUT2D eigenvalue weighted by Gasteiger charge is 2.17. The van der Waals surface area contributed by atoms with Crippen molar-refractivity contribution in [1.82, 2.24) is 10.3 Å². The fourth-order valence-electron chi connectivity index (χ4n) is 2.38. The predicted molar refractivity (Wildman–Crippen MR) is 81.8 cm³/mol. The molecule has 1 atom stereocenters. The Morgan fingerprint density at radius 2 is 2.10 bits per heavy atom. The number of hydrogen-bond donors (Lipinski definition) is 2. The molecule has 1 unspecified atom stereocenters. The van der Waals surface area contributed by atoms with Gasteiger partial charge in [-0.1, -0.05) is 28.1 Å². The Balaban J connectivity index is 2.10. The largest absolute Gasteiger partial charge is 0.417 e. The molecule has 0 saturated carbocycles. The van der Waals surface area contributed by atoms with Crippen LogP contribution in [0.15, 0.2) is 50.1 Å². The topological polar surface area (TPSA) is 58.0 Å². The van der Waals surface area contributed by atoms with Crippen molar-refractivity contribution in [2.75, 3.05) is 7.05 Å². The highest BCUT2D eigenvalue weighted by Crippen LogP contribution is 2.27. The number of benzene rings is 2. The molecule has 3 aromatic rings. The van der Waals surface area contributed by atoms with E-state index < -0.39 is 5.76 Å². The SMILES string of the molecule is CNC(c1ccc2[nH]c(=O)oc2c1)c1ccc(Br)cc1F. The van der Waals surface area contributed by atoms with Crippen LogP contribution in [0.3, 0.4) is 0 Å². The Morgan fingerprint density at radius 1 is 1.29 bits per heavy atom. The molecule has 0 amide bonds. The summed E-state index contributed by atoms with van der Waals surface area (Å²) in [5, 5.41) is 3.08. The van der Waals surface area contributed by atoms with E-state index in [4.69, 9.17) is 4.42 Å². The summed E-state index contributed by atoms with van der Waals surface area (Å²) < 4.78 is 19.9. The summed E-state index contributed by atoms with van der Waals surface area (Å²) in [5.41, 5.74) is 2.41. The maximum atomic E-state index is 14.1. The number of hydrogen-bond acceptors (Lipinski definition) is 3. The maximum absolute atomic E-state index is 14.1. The fraction of sp³-hybridized carbons (Fsp3) is 0.133. The molecule has 0 bridgehead atoms. The molecular weight excluding hydrogens is 339 g/mol. The lowest BCUT2D eigenvalue weighted by molar-refractivity contribution is 0.552. The number of oxazole rings is 1. The Morgan fingerprint density at radius 3 is 2.81 bits per heavy atom. The zero-order chi connectivity index (χ0) is 15.0. The number of aromatic amines is 1. The van der Waals surface area contributed by atoms with Crippen molar-refractivity contribution in [3.05, 3.63) is 68.4 Å². The minimum Gasteiger partial charge on any atom is -0.408 e. The average Bonchev–Trinajstić information content (AvgIpc) is 2.81. The molecular formula is C15H12BrFN2O2. The van der Waals surface area contributed by atoms with Gasteiger partial charge in [-0.25, -0.2) is 9.18 Å². The molecule has 4 nitrogen and oxygen atoms in total. The Labute approximate surface area is 128 Å². The van der Waals surface area contributed by atoms with E-state index in [0.29, 0.717) is 21.1 Å². The molecule has 6 heteroatoms. The average molecular weight is 351 g/mol. The minimum atomic E-state index is -0.502. The molecule has 0 saturated heterocycles. The molecule has 2 aromatic carbocycles. The number of H-pyrrole nitrogens is 1. The van der Waals surface area contributed by atoms with E-state index in [-0.39, 0.29) is 11.9 Å². The van der Waals surface area contributed by atoms with E-state index in [1.165, 1.54) is 6.07 Å². The minimum absolute atomic E-state index is 0.306. The number of halogens is 2. The summed E-state index contributed by atoms with van der Waals surface area (Å²) in [4.78, 5) is 13.8. The number of nitrogens with one attached hydrogen (secondary N) is 2. The van der Waals surface area contributed by atoms with Crippen LogP contribution in [0.25, 0.3) is 11.1 Å². The lowest BCUT2D eigenvalue weighted by Gasteiger charge is -2.18. The number of fused-ring (bicyclic) bond motifs is 1. The molecule has 0 spiro atoms. The van der Waals surface area contributed by atoms with Gasteiger partial charge in [0.15, 0.2) is 5.58 Å². The van der Waals surface area contributed by atoms with Crippen LogP contribution in [0.5, 0.6) is 0 Å². The van der Waals surface area contributed by atoms with Gasteiger partial charge in [-0.05, 0) is 36.9 Å². The third kappa shape index (κ3) is 2.64. The van der Waals surface area contributed by atoms with Crippen molar-refractivity contribution in [2.45, 2.75) is 6.04 Å². The quantitative estimate of drug-likeness (QED) is 0.761. The first-order chi connectivity index (χ1) is 10.1. The van der Waals surface area contributed by atoms with Crippen LogP contribution in [0.4, 0.5) is 4.39 Å². The first-order valence-electron chi connectivity index (χ1n) is 6.33. The van der Waals surface area contributed by atoms with Gasteiger partial charge < -0.3 is 9.73 Å². The van der Waals surface area contributed by atoms with Crippen LogP contribution in [0.1, 0.15) is 17.2 Å². The first kappa shape index (κ1) is 14.0. The molecule has 0 aliphatic rings. The van der Waals surface area contributed by atoms with Crippen LogP contribution >= 0.6 is 15.9 Å². The van der Waals surface area contributed by atoms with Crippen molar-refractivity contribution >= 4 is 27.0 Å². The van der Waals surface area contributed by atoms with E-state index in [2.05, 4.69) is 26.2 Å². The van der Waals surface area contributed by atoms with Gasteiger partial charge in [0, 0.05) is 10.0 Å². The lowest BCUT2D eigenvalue weighted by atomic mass is 9.98. The van der Waals surface area contributed by atoms with Crippen LogP contribution in [-0.4, -0.2) is 12.0 Å². The van der Waals surface area contributed by atoms with E-state index in [1.807, 2.05) is 6.07 Å². The van der Waals surface area contributed by atoms with Crippen molar-refractivity contribution in [3.8, 4) is 0 Å². The van der Waals surface area contributed by atoms with Gasteiger partial charge in [0.25, 0.3) is 0 Å². The second kappa shape index (κ2) is 5.46. The summed E-state index contributed by atoms with van der Waals surface area (Å²) in [7, 11) is 1.75. The van der Waals surface area contributed by atoms with Gasteiger partial charge in [-0.15, -0.1) is 0 Å². The van der Waals surface area contributed by atoms with E-state index in [0.717, 1.165) is 5.56 Å². The highest BCUT2D eigenvalue weighted by atomic mass is 79.9. The Hall–Kier alpha value is -1.92. The Bertz CT molecular complexity index is 856. The summed E-state index contributed by atoms with van der Waals surface area (Å²) in [5.74, 6) is -0.808. The summed E-state index contributed by atoms with van der Waals surface area (Å²) in [6.07, 6.45) is 0. The molecule has 108 valence electrons. The number of aromatic nitrogens is 1. The zero-order valence-corrected chi connectivity index (χ0v) is 12.7. The molecule has 0 aliphatic carbocycles. The van der Waals surface area contributed by atoms with Crippen LogP contribution in [0.2, 0.25) is 0 Å². The number of rotatable bonds is 3. The molecule has 0 radical (unpaired) electrons. The first-order valence-corrected chi connectivity index (χ1v) is 7.13. The normalized spacial score (nSPS) is 12.7. The van der Waals surface area contributed by atoms with E-state index >= 15 is 0 Å². The monoisotopic (exact) mass is 350 g/mol. The standard InChI is InChI=1S/C15H12BrFN2O2/c1-18-14(10-4-3-9(16)7-11(10)17)8-2-5-12-13(6-8)21-15(20)19-12/h2-7,14,18H,1H3,(H,19,20). The summed E-state index contributed by atoms with van der Waals surface area (Å²) in [6.45, 7) is 0. The second-order valence-electron chi connectivity index (χ2n) is 4.66. The molecule has 2 N–H and O–H groups in total. The second-order valence-corrected chi connectivity index (χ2v) is 5.57.